The van der Waals surface area contributed by atoms with E-state index in [0.717, 1.165) is 9.13 Å². The van der Waals surface area contributed by atoms with Crippen molar-refractivity contribution in [3.8, 4) is 0 Å². The monoisotopic (exact) mass is 284 g/mol. The van der Waals surface area contributed by atoms with Crippen LogP contribution in [-0.2, 0) is 5.41 Å². The Labute approximate surface area is 84.0 Å². The summed E-state index contributed by atoms with van der Waals surface area (Å²) in [6.45, 7) is 6.28. The molecular weight excluding hydrogens is 274 g/mol. The van der Waals surface area contributed by atoms with Gasteiger partial charge in [0, 0.05) is 0 Å². The maximum Gasteiger partial charge on any atom is 0.190 e. The van der Waals surface area contributed by atoms with Crippen LogP contribution in [0, 0.1) is 8.70 Å². The highest BCUT2D eigenvalue weighted by molar-refractivity contribution is 14.1. The first kappa shape index (κ1) is 9.45. The first-order chi connectivity index (χ1) is 4.93. The molecule has 0 fully saturated rings. The Morgan fingerprint density at radius 1 is 1.45 bits per heavy atom. The third-order valence-corrected chi connectivity index (χ3v) is 3.68. The van der Waals surface area contributed by atoms with Crippen LogP contribution >= 0.6 is 33.9 Å². The van der Waals surface area contributed by atoms with Gasteiger partial charge in [0.25, 0.3) is 0 Å². The van der Waals surface area contributed by atoms with Crippen LogP contribution in [0.15, 0.2) is 5.38 Å². The molecule has 0 radical (unpaired) electrons. The summed E-state index contributed by atoms with van der Waals surface area (Å²) in [7, 11) is 0. The van der Waals surface area contributed by atoms with Crippen LogP contribution in [0.4, 0.5) is 4.39 Å². The first-order valence-corrected chi connectivity index (χ1v) is 5.31. The first-order valence-electron chi connectivity index (χ1n) is 3.36. The van der Waals surface area contributed by atoms with E-state index in [2.05, 4.69) is 43.4 Å². The van der Waals surface area contributed by atoms with E-state index in [0.29, 0.717) is 0 Å². The quantitative estimate of drug-likeness (QED) is 0.636. The van der Waals surface area contributed by atoms with Crippen molar-refractivity contribution in [1.29, 1.82) is 0 Å². The summed E-state index contributed by atoms with van der Waals surface area (Å²) < 4.78 is 13.7. The van der Waals surface area contributed by atoms with Crippen molar-refractivity contribution in [1.82, 2.24) is 0 Å². The Kier molecular flexibility index (Phi) is 2.59. The molecular formula is C8H10FIS. The van der Waals surface area contributed by atoms with E-state index in [1.807, 2.05) is 5.38 Å². The zero-order valence-electron chi connectivity index (χ0n) is 6.74. The molecule has 0 aliphatic rings. The van der Waals surface area contributed by atoms with E-state index >= 15 is 0 Å². The molecule has 0 amide bonds. The van der Waals surface area contributed by atoms with Crippen molar-refractivity contribution in [2.45, 2.75) is 26.2 Å². The van der Waals surface area contributed by atoms with E-state index in [1.54, 1.807) is 0 Å². The summed E-state index contributed by atoms with van der Waals surface area (Å²) >= 11 is 3.24. The standard InChI is InChI=1S/C8H10FIS/c1-8(2,3)5-4-11-7(9)6(5)10/h4H,1-3H3. The molecule has 0 aliphatic carbocycles. The predicted octanol–water partition coefficient (Wildman–Crippen LogP) is 3.79. The highest BCUT2D eigenvalue weighted by Crippen LogP contribution is 2.32. The normalized spacial score (nSPS) is 12.1. The van der Waals surface area contributed by atoms with Gasteiger partial charge in [-0.2, -0.15) is 4.39 Å². The van der Waals surface area contributed by atoms with Crippen LogP contribution in [-0.4, -0.2) is 0 Å². The summed E-state index contributed by atoms with van der Waals surface area (Å²) in [5.41, 5.74) is 1.18. The maximum absolute atomic E-state index is 12.9. The molecule has 3 heteroatoms. The molecule has 62 valence electrons. The SMILES string of the molecule is CC(C)(C)c1csc(F)c1I. The molecule has 0 aromatic carbocycles. The van der Waals surface area contributed by atoms with Gasteiger partial charge < -0.3 is 0 Å². The minimum atomic E-state index is -0.0597. The van der Waals surface area contributed by atoms with Gasteiger partial charge in [0.15, 0.2) is 5.13 Å². The number of halogens is 2. The van der Waals surface area contributed by atoms with Crippen molar-refractivity contribution < 1.29 is 4.39 Å². The van der Waals surface area contributed by atoms with Crippen molar-refractivity contribution in [3.05, 3.63) is 19.6 Å². The molecule has 0 nitrogen and oxygen atoms in total. The lowest BCUT2D eigenvalue weighted by atomic mass is 9.89. The summed E-state index contributed by atoms with van der Waals surface area (Å²) in [5, 5.41) is 1.84. The van der Waals surface area contributed by atoms with Crippen LogP contribution in [0.2, 0.25) is 0 Å². The highest BCUT2D eigenvalue weighted by Gasteiger charge is 2.20. The molecule has 1 heterocycles. The number of thiophene rings is 1. The van der Waals surface area contributed by atoms with E-state index < -0.39 is 0 Å². The summed E-state index contributed by atoms with van der Waals surface area (Å²) in [5.74, 6) is 0. The fraction of sp³-hybridized carbons (Fsp3) is 0.500. The lowest BCUT2D eigenvalue weighted by molar-refractivity contribution is 0.579. The van der Waals surface area contributed by atoms with Gasteiger partial charge in [-0.3, -0.25) is 0 Å². The molecule has 0 bridgehead atoms. The highest BCUT2D eigenvalue weighted by atomic mass is 127. The fourth-order valence-corrected chi connectivity index (χ4v) is 3.29. The summed E-state index contributed by atoms with van der Waals surface area (Å²) in [6.07, 6.45) is 0. The van der Waals surface area contributed by atoms with Gasteiger partial charge in [-0.15, -0.1) is 11.3 Å². The second-order valence-electron chi connectivity index (χ2n) is 3.49. The third-order valence-electron chi connectivity index (χ3n) is 1.50. The van der Waals surface area contributed by atoms with Crippen LogP contribution in [0.1, 0.15) is 26.3 Å². The molecule has 11 heavy (non-hydrogen) atoms. The maximum atomic E-state index is 12.9. The molecule has 0 saturated heterocycles. The molecule has 0 aliphatic heterocycles. The minimum Gasteiger partial charge on any atom is -0.194 e. The topological polar surface area (TPSA) is 0 Å². The van der Waals surface area contributed by atoms with Gasteiger partial charge in [0.1, 0.15) is 0 Å². The predicted molar refractivity (Wildman–Crippen MR) is 55.7 cm³/mol. The molecule has 0 saturated carbocycles. The Morgan fingerprint density at radius 2 is 2.00 bits per heavy atom. The molecule has 0 atom stereocenters. The van der Waals surface area contributed by atoms with Crippen molar-refractivity contribution in [3.63, 3.8) is 0 Å². The Bertz CT molecular complexity index is 260. The van der Waals surface area contributed by atoms with Crippen molar-refractivity contribution in [2.24, 2.45) is 0 Å². The largest absolute Gasteiger partial charge is 0.194 e. The second-order valence-corrected chi connectivity index (χ2v) is 5.40. The smallest absolute Gasteiger partial charge is 0.190 e. The molecule has 1 aromatic rings. The minimum absolute atomic E-state index is 0.0597. The molecule has 0 spiro atoms. The van der Waals surface area contributed by atoms with Crippen molar-refractivity contribution >= 4 is 33.9 Å². The molecule has 1 aromatic heterocycles. The zero-order chi connectivity index (χ0) is 8.65. The zero-order valence-corrected chi connectivity index (χ0v) is 9.72. The Morgan fingerprint density at radius 3 is 2.18 bits per heavy atom. The van der Waals surface area contributed by atoms with Crippen molar-refractivity contribution in [2.75, 3.05) is 0 Å². The van der Waals surface area contributed by atoms with Gasteiger partial charge in [-0.1, -0.05) is 20.8 Å². The molecule has 0 N–H and O–H groups in total. The van der Waals surface area contributed by atoms with Crippen LogP contribution in [0.25, 0.3) is 0 Å². The second kappa shape index (κ2) is 3.01. The average Bonchev–Trinajstić information content (AvgIpc) is 2.11. The van der Waals surface area contributed by atoms with Gasteiger partial charge >= 0.3 is 0 Å². The van der Waals surface area contributed by atoms with E-state index in [9.17, 15) is 4.39 Å². The molecule has 1 rings (SSSR count). The summed E-state index contributed by atoms with van der Waals surface area (Å²) in [6, 6.07) is 0. The number of hydrogen-bond donors (Lipinski definition) is 0. The van der Waals surface area contributed by atoms with Gasteiger partial charge in [0.2, 0.25) is 0 Å². The average molecular weight is 284 g/mol. The van der Waals surface area contributed by atoms with Crippen LogP contribution in [0.5, 0.6) is 0 Å². The van der Waals surface area contributed by atoms with E-state index in [-0.39, 0.29) is 10.5 Å². The lowest BCUT2D eigenvalue weighted by Gasteiger charge is -2.17. The van der Waals surface area contributed by atoms with Crippen LogP contribution in [0.3, 0.4) is 0 Å². The Balaban J connectivity index is 3.15. The number of hydrogen-bond acceptors (Lipinski definition) is 1. The summed E-state index contributed by atoms with van der Waals surface area (Å²) in [4.78, 5) is 0. The van der Waals surface area contributed by atoms with Gasteiger partial charge in [0.05, 0.1) is 3.57 Å². The van der Waals surface area contributed by atoms with Gasteiger partial charge in [-0.05, 0) is 38.9 Å². The third kappa shape index (κ3) is 1.93. The molecule has 0 unspecified atom stereocenters. The van der Waals surface area contributed by atoms with Gasteiger partial charge in [-0.25, -0.2) is 0 Å². The van der Waals surface area contributed by atoms with Crippen LogP contribution < -0.4 is 0 Å². The Hall–Kier alpha value is 0.360. The number of rotatable bonds is 0. The van der Waals surface area contributed by atoms with E-state index in [1.165, 1.54) is 11.3 Å². The lowest BCUT2D eigenvalue weighted by Crippen LogP contribution is -2.11. The van der Waals surface area contributed by atoms with E-state index in [4.69, 9.17) is 0 Å². The fourth-order valence-electron chi connectivity index (χ4n) is 0.826.